The molecule has 0 aliphatic heterocycles. The quantitative estimate of drug-likeness (QED) is 0.697. The Morgan fingerprint density at radius 2 is 1.81 bits per heavy atom. The Kier molecular flexibility index (Phi) is 5.33. The molecule has 0 radical (unpaired) electrons. The Morgan fingerprint density at radius 1 is 1.15 bits per heavy atom. The number of aryl methyl sites for hydroxylation is 2. The number of aromatic nitrogens is 3. The van der Waals surface area contributed by atoms with E-state index >= 15 is 0 Å². The number of halogens is 7. The largest absolute Gasteiger partial charge is 0.471 e. The highest BCUT2D eigenvalue weighted by atomic mass is 19.4. The number of ether oxygens (including phenoxy) is 2. The van der Waals surface area contributed by atoms with E-state index in [0.717, 1.165) is 10.7 Å². The highest BCUT2D eigenvalue weighted by molar-refractivity contribution is 5.33. The van der Waals surface area contributed by atoms with Crippen molar-refractivity contribution in [3.8, 4) is 17.6 Å². The van der Waals surface area contributed by atoms with Crippen molar-refractivity contribution in [2.75, 3.05) is 6.61 Å². The molecular weight excluding hydrogens is 375 g/mol. The lowest BCUT2D eigenvalue weighted by atomic mass is 10.3. The van der Waals surface area contributed by atoms with E-state index in [2.05, 4.69) is 14.8 Å². The third-order valence-electron chi connectivity index (χ3n) is 3.09. The molecule has 0 spiro atoms. The average molecular weight is 387 g/mol. The molecule has 144 valence electrons. The maximum absolute atomic E-state index is 12.9. The normalized spacial score (nSPS) is 12.5. The standard InChI is InChI=1S/C14H12F7N3O2/c1-7-3-4-9(25-6-13(17,18)12(15)16)22-11(7)26-10-5-8(14(19,20)21)23-24(10)2/h3-5,12H,6H2,1-2H3. The minimum Gasteiger partial charge on any atom is -0.471 e. The van der Waals surface area contributed by atoms with Crippen molar-refractivity contribution in [3.63, 3.8) is 0 Å². The molecule has 2 heterocycles. The van der Waals surface area contributed by atoms with Crippen LogP contribution in [0.4, 0.5) is 30.7 Å². The summed E-state index contributed by atoms with van der Waals surface area (Å²) in [5.74, 6) is -5.40. The van der Waals surface area contributed by atoms with Gasteiger partial charge in [0.2, 0.25) is 17.6 Å². The molecule has 0 saturated carbocycles. The predicted molar refractivity (Wildman–Crippen MR) is 73.7 cm³/mol. The fourth-order valence-electron chi connectivity index (χ4n) is 1.69. The minimum atomic E-state index is -4.69. The van der Waals surface area contributed by atoms with Gasteiger partial charge in [-0.15, -0.1) is 0 Å². The summed E-state index contributed by atoms with van der Waals surface area (Å²) in [4.78, 5) is 3.70. The Balaban J connectivity index is 2.19. The Bertz CT molecular complexity index is 774. The Morgan fingerprint density at radius 3 is 2.35 bits per heavy atom. The van der Waals surface area contributed by atoms with Gasteiger partial charge in [-0.05, 0) is 13.0 Å². The van der Waals surface area contributed by atoms with Gasteiger partial charge in [-0.25, -0.2) is 13.5 Å². The fraction of sp³-hybridized carbons (Fsp3) is 0.429. The van der Waals surface area contributed by atoms with Crippen LogP contribution in [-0.4, -0.2) is 33.7 Å². The van der Waals surface area contributed by atoms with E-state index in [1.807, 2.05) is 0 Å². The number of hydrogen-bond donors (Lipinski definition) is 0. The smallest absolute Gasteiger partial charge is 0.435 e. The average Bonchev–Trinajstić information content (AvgIpc) is 2.89. The summed E-state index contributed by atoms with van der Waals surface area (Å²) in [6, 6.07) is 3.08. The maximum atomic E-state index is 12.9. The van der Waals surface area contributed by atoms with Gasteiger partial charge in [0.25, 0.3) is 0 Å². The van der Waals surface area contributed by atoms with Crippen LogP contribution in [0.3, 0.4) is 0 Å². The van der Waals surface area contributed by atoms with Gasteiger partial charge in [0.1, 0.15) is 0 Å². The summed E-state index contributed by atoms with van der Waals surface area (Å²) in [7, 11) is 1.20. The van der Waals surface area contributed by atoms with Gasteiger partial charge >= 0.3 is 18.5 Å². The van der Waals surface area contributed by atoms with Crippen molar-refractivity contribution in [3.05, 3.63) is 29.5 Å². The molecule has 0 aromatic carbocycles. The third-order valence-corrected chi connectivity index (χ3v) is 3.09. The van der Waals surface area contributed by atoms with Crippen LogP contribution < -0.4 is 9.47 Å². The van der Waals surface area contributed by atoms with Gasteiger partial charge < -0.3 is 9.47 Å². The molecule has 0 bridgehead atoms. The van der Waals surface area contributed by atoms with Crippen molar-refractivity contribution in [1.29, 1.82) is 0 Å². The summed E-state index contributed by atoms with van der Waals surface area (Å²) < 4.78 is 98.4. The van der Waals surface area contributed by atoms with Gasteiger partial charge in [0.05, 0.1) is 0 Å². The summed E-state index contributed by atoms with van der Waals surface area (Å²) in [5.41, 5.74) is -0.857. The van der Waals surface area contributed by atoms with Crippen molar-refractivity contribution in [2.45, 2.75) is 25.4 Å². The van der Waals surface area contributed by atoms with Gasteiger partial charge in [-0.2, -0.15) is 32.0 Å². The van der Waals surface area contributed by atoms with E-state index in [9.17, 15) is 30.7 Å². The fourth-order valence-corrected chi connectivity index (χ4v) is 1.69. The van der Waals surface area contributed by atoms with Crippen molar-refractivity contribution in [2.24, 2.45) is 7.05 Å². The zero-order chi connectivity index (χ0) is 19.7. The summed E-state index contributed by atoms with van der Waals surface area (Å²) >= 11 is 0. The number of alkyl halides is 7. The van der Waals surface area contributed by atoms with Crippen LogP contribution in [0.1, 0.15) is 11.3 Å². The zero-order valence-corrected chi connectivity index (χ0v) is 13.3. The van der Waals surface area contributed by atoms with E-state index in [0.29, 0.717) is 11.6 Å². The number of pyridine rings is 1. The molecule has 0 aliphatic carbocycles. The minimum absolute atomic E-state index is 0.250. The molecule has 5 nitrogen and oxygen atoms in total. The lowest BCUT2D eigenvalue weighted by Gasteiger charge is -2.16. The van der Waals surface area contributed by atoms with Crippen molar-refractivity contribution < 1.29 is 40.2 Å². The molecule has 0 fully saturated rings. The number of rotatable bonds is 6. The molecule has 0 amide bonds. The first-order chi connectivity index (χ1) is 11.9. The lowest BCUT2D eigenvalue weighted by Crippen LogP contribution is -2.33. The SMILES string of the molecule is Cc1ccc(OCC(F)(F)C(F)F)nc1Oc1cc(C(F)(F)F)nn1C. The maximum Gasteiger partial charge on any atom is 0.435 e. The summed E-state index contributed by atoms with van der Waals surface area (Å²) in [6.07, 6.45) is -8.60. The van der Waals surface area contributed by atoms with Crippen LogP contribution in [0.5, 0.6) is 17.6 Å². The molecule has 0 saturated heterocycles. The van der Waals surface area contributed by atoms with E-state index in [-0.39, 0.29) is 11.8 Å². The number of hydrogen-bond acceptors (Lipinski definition) is 4. The molecule has 0 unspecified atom stereocenters. The molecule has 2 aromatic rings. The second-order valence-electron chi connectivity index (χ2n) is 5.21. The predicted octanol–water partition coefficient (Wildman–Crippen LogP) is 4.21. The van der Waals surface area contributed by atoms with Gasteiger partial charge in [-0.1, -0.05) is 0 Å². The molecule has 0 atom stereocenters. The Labute approximate surface area is 142 Å². The van der Waals surface area contributed by atoms with E-state index < -0.39 is 36.7 Å². The van der Waals surface area contributed by atoms with E-state index in [4.69, 9.17) is 4.74 Å². The molecule has 0 N–H and O–H groups in total. The van der Waals surface area contributed by atoms with Crippen molar-refractivity contribution >= 4 is 0 Å². The van der Waals surface area contributed by atoms with Gasteiger partial charge in [0.15, 0.2) is 12.3 Å². The van der Waals surface area contributed by atoms with Crippen LogP contribution in [0.15, 0.2) is 18.2 Å². The van der Waals surface area contributed by atoms with Crippen LogP contribution in [0, 0.1) is 6.92 Å². The second-order valence-corrected chi connectivity index (χ2v) is 5.21. The highest BCUT2D eigenvalue weighted by Crippen LogP contribution is 2.33. The zero-order valence-electron chi connectivity index (χ0n) is 13.3. The molecule has 2 aromatic heterocycles. The van der Waals surface area contributed by atoms with E-state index in [1.54, 1.807) is 0 Å². The van der Waals surface area contributed by atoms with E-state index in [1.165, 1.54) is 20.0 Å². The van der Waals surface area contributed by atoms with Crippen LogP contribution in [-0.2, 0) is 13.2 Å². The second kappa shape index (κ2) is 7.00. The first-order valence-corrected chi connectivity index (χ1v) is 6.95. The molecule has 26 heavy (non-hydrogen) atoms. The first-order valence-electron chi connectivity index (χ1n) is 6.95. The van der Waals surface area contributed by atoms with Crippen LogP contribution in [0.25, 0.3) is 0 Å². The van der Waals surface area contributed by atoms with Crippen LogP contribution in [0.2, 0.25) is 0 Å². The van der Waals surface area contributed by atoms with Gasteiger partial charge in [-0.3, -0.25) is 0 Å². The molecular formula is C14H12F7N3O2. The lowest BCUT2D eigenvalue weighted by molar-refractivity contribution is -0.148. The molecule has 0 aliphatic rings. The molecule has 2 rings (SSSR count). The van der Waals surface area contributed by atoms with Crippen molar-refractivity contribution in [1.82, 2.24) is 14.8 Å². The third kappa shape index (κ3) is 4.55. The Hall–Kier alpha value is -2.53. The highest BCUT2D eigenvalue weighted by Gasteiger charge is 2.42. The summed E-state index contributed by atoms with van der Waals surface area (Å²) in [5, 5.41) is 3.24. The molecule has 12 heteroatoms. The van der Waals surface area contributed by atoms with Crippen LogP contribution >= 0.6 is 0 Å². The first kappa shape index (κ1) is 19.8. The topological polar surface area (TPSA) is 49.2 Å². The van der Waals surface area contributed by atoms with Gasteiger partial charge in [0, 0.05) is 24.7 Å². The number of nitrogens with zero attached hydrogens (tertiary/aromatic N) is 3. The summed E-state index contributed by atoms with van der Waals surface area (Å²) in [6.45, 7) is -0.134. The monoisotopic (exact) mass is 387 g/mol.